The van der Waals surface area contributed by atoms with Crippen LogP contribution in [0.3, 0.4) is 0 Å². The van der Waals surface area contributed by atoms with E-state index in [9.17, 15) is 4.79 Å². The number of fused-ring (bicyclic) bond motifs is 1. The zero-order valence-electron chi connectivity index (χ0n) is 14.0. The second kappa shape index (κ2) is 7.01. The van der Waals surface area contributed by atoms with E-state index in [4.69, 9.17) is 14.7 Å². The minimum Gasteiger partial charge on any atom is -0.454 e. The normalized spacial score (nSPS) is 11.5. The van der Waals surface area contributed by atoms with Gasteiger partial charge in [-0.1, -0.05) is 0 Å². The first-order valence-corrected chi connectivity index (χ1v) is 8.01. The fraction of sp³-hybridized carbons (Fsp3) is 0.0526. The van der Waals surface area contributed by atoms with Gasteiger partial charge in [0.1, 0.15) is 11.5 Å². The number of rotatable bonds is 4. The largest absolute Gasteiger partial charge is 0.454 e. The summed E-state index contributed by atoms with van der Waals surface area (Å²) in [4.78, 5) is 20.6. The van der Waals surface area contributed by atoms with E-state index in [-0.39, 0.29) is 18.4 Å². The molecule has 3 aromatic rings. The van der Waals surface area contributed by atoms with Crippen LogP contribution < -0.4 is 20.1 Å². The smallest absolute Gasteiger partial charge is 0.275 e. The van der Waals surface area contributed by atoms with E-state index in [1.54, 1.807) is 42.5 Å². The van der Waals surface area contributed by atoms with E-state index in [2.05, 4.69) is 26.7 Å². The molecule has 0 unspecified atom stereocenters. The Bertz CT molecular complexity index is 1030. The molecule has 132 valence electrons. The molecule has 1 aromatic heterocycles. The number of anilines is 3. The average Bonchev–Trinajstić information content (AvgIpc) is 3.17. The Morgan fingerprint density at radius 3 is 2.52 bits per heavy atom. The third-order valence-electron chi connectivity index (χ3n) is 3.80. The molecule has 0 saturated heterocycles. The first-order chi connectivity index (χ1) is 13.2. The molecular formula is C19H13N5O3. The predicted molar refractivity (Wildman–Crippen MR) is 97.0 cm³/mol. The molecule has 2 N–H and O–H groups in total. The summed E-state index contributed by atoms with van der Waals surface area (Å²) in [5, 5.41) is 14.6. The van der Waals surface area contributed by atoms with Gasteiger partial charge in [0.2, 0.25) is 6.79 Å². The Hall–Kier alpha value is -4.12. The zero-order chi connectivity index (χ0) is 18.6. The Labute approximate surface area is 154 Å². The van der Waals surface area contributed by atoms with Crippen LogP contribution in [0.15, 0.2) is 54.9 Å². The molecular weight excluding hydrogens is 346 g/mol. The number of hydrogen-bond donors (Lipinski definition) is 2. The number of nitriles is 1. The number of hydrogen-bond acceptors (Lipinski definition) is 7. The van der Waals surface area contributed by atoms with Crippen LogP contribution >= 0.6 is 0 Å². The van der Waals surface area contributed by atoms with Gasteiger partial charge in [-0.15, -0.1) is 0 Å². The first-order valence-electron chi connectivity index (χ1n) is 8.01. The highest BCUT2D eigenvalue weighted by Gasteiger charge is 2.15. The lowest BCUT2D eigenvalue weighted by atomic mass is 10.2. The number of nitrogens with zero attached hydrogens (tertiary/aromatic N) is 3. The van der Waals surface area contributed by atoms with Crippen LogP contribution in [0.2, 0.25) is 0 Å². The standard InChI is InChI=1S/C19H13N5O3/c20-8-12-1-3-13(4-2-12)23-18-10-21-15(9-22-18)19(25)24-14-5-6-16-17(7-14)27-11-26-16/h1-7,9-10H,11H2,(H,22,23)(H,24,25). The average molecular weight is 359 g/mol. The number of amides is 1. The van der Waals surface area contributed by atoms with Crippen molar-refractivity contribution in [3.05, 3.63) is 66.1 Å². The quantitative estimate of drug-likeness (QED) is 0.737. The van der Waals surface area contributed by atoms with Crippen LogP contribution in [-0.2, 0) is 0 Å². The molecule has 1 amide bonds. The second-order valence-corrected chi connectivity index (χ2v) is 5.62. The number of aromatic nitrogens is 2. The summed E-state index contributed by atoms with van der Waals surface area (Å²) in [6.45, 7) is 0.173. The van der Waals surface area contributed by atoms with Crippen LogP contribution in [0.25, 0.3) is 0 Å². The summed E-state index contributed by atoms with van der Waals surface area (Å²) in [5.41, 5.74) is 2.09. The lowest BCUT2D eigenvalue weighted by Gasteiger charge is -2.07. The maximum atomic E-state index is 12.3. The third-order valence-corrected chi connectivity index (χ3v) is 3.80. The second-order valence-electron chi connectivity index (χ2n) is 5.62. The van der Waals surface area contributed by atoms with Crippen molar-refractivity contribution in [2.45, 2.75) is 0 Å². The minimum atomic E-state index is -0.383. The molecule has 0 spiro atoms. The third kappa shape index (κ3) is 3.62. The summed E-state index contributed by atoms with van der Waals surface area (Å²) < 4.78 is 10.5. The van der Waals surface area contributed by atoms with Crippen molar-refractivity contribution in [2.24, 2.45) is 0 Å². The first kappa shape index (κ1) is 16.4. The highest BCUT2D eigenvalue weighted by atomic mass is 16.7. The molecule has 0 fully saturated rings. The molecule has 8 nitrogen and oxygen atoms in total. The van der Waals surface area contributed by atoms with Crippen LogP contribution in [0.5, 0.6) is 11.5 Å². The Kier molecular flexibility index (Phi) is 4.25. The van der Waals surface area contributed by atoms with E-state index in [0.29, 0.717) is 28.6 Å². The summed E-state index contributed by atoms with van der Waals surface area (Å²) in [5.74, 6) is 1.33. The summed E-state index contributed by atoms with van der Waals surface area (Å²) in [7, 11) is 0. The fourth-order valence-corrected chi connectivity index (χ4v) is 2.46. The van der Waals surface area contributed by atoms with Crippen molar-refractivity contribution < 1.29 is 14.3 Å². The molecule has 0 saturated carbocycles. The van der Waals surface area contributed by atoms with E-state index in [1.807, 2.05) is 0 Å². The molecule has 8 heteroatoms. The Morgan fingerprint density at radius 2 is 1.78 bits per heavy atom. The van der Waals surface area contributed by atoms with Crippen LogP contribution in [0.4, 0.5) is 17.2 Å². The van der Waals surface area contributed by atoms with Crippen molar-refractivity contribution in [3.63, 3.8) is 0 Å². The fourth-order valence-electron chi connectivity index (χ4n) is 2.46. The lowest BCUT2D eigenvalue weighted by molar-refractivity contribution is 0.102. The predicted octanol–water partition coefficient (Wildman–Crippen LogP) is 3.07. The molecule has 2 aromatic carbocycles. The number of nitrogens with one attached hydrogen (secondary N) is 2. The summed E-state index contributed by atoms with van der Waals surface area (Å²) >= 11 is 0. The van der Waals surface area contributed by atoms with E-state index in [0.717, 1.165) is 5.69 Å². The molecule has 1 aliphatic rings. The Morgan fingerprint density at radius 1 is 1.00 bits per heavy atom. The van der Waals surface area contributed by atoms with Crippen molar-refractivity contribution in [1.29, 1.82) is 5.26 Å². The number of carbonyl (C=O) groups is 1. The highest BCUT2D eigenvalue weighted by molar-refractivity contribution is 6.02. The summed E-state index contributed by atoms with van der Waals surface area (Å²) in [6, 6.07) is 14.1. The molecule has 2 heterocycles. The molecule has 27 heavy (non-hydrogen) atoms. The number of ether oxygens (including phenoxy) is 2. The molecule has 0 atom stereocenters. The maximum absolute atomic E-state index is 12.3. The highest BCUT2D eigenvalue weighted by Crippen LogP contribution is 2.34. The van der Waals surface area contributed by atoms with E-state index < -0.39 is 0 Å². The number of benzene rings is 2. The number of carbonyl (C=O) groups excluding carboxylic acids is 1. The molecule has 0 bridgehead atoms. The van der Waals surface area contributed by atoms with Crippen LogP contribution in [0.1, 0.15) is 16.1 Å². The van der Waals surface area contributed by atoms with Crippen LogP contribution in [-0.4, -0.2) is 22.7 Å². The van der Waals surface area contributed by atoms with Gasteiger partial charge in [0.15, 0.2) is 11.5 Å². The van der Waals surface area contributed by atoms with Gasteiger partial charge in [-0.2, -0.15) is 5.26 Å². The molecule has 1 aliphatic heterocycles. The molecule has 0 aliphatic carbocycles. The van der Waals surface area contributed by atoms with Crippen molar-refractivity contribution >= 4 is 23.1 Å². The zero-order valence-corrected chi connectivity index (χ0v) is 14.0. The van der Waals surface area contributed by atoms with Gasteiger partial charge in [0, 0.05) is 17.4 Å². The van der Waals surface area contributed by atoms with Crippen molar-refractivity contribution in [1.82, 2.24) is 9.97 Å². The lowest BCUT2D eigenvalue weighted by Crippen LogP contribution is -2.14. The monoisotopic (exact) mass is 359 g/mol. The van der Waals surface area contributed by atoms with Gasteiger partial charge in [0.05, 0.1) is 24.0 Å². The van der Waals surface area contributed by atoms with Gasteiger partial charge in [0.25, 0.3) is 5.91 Å². The van der Waals surface area contributed by atoms with Gasteiger partial charge in [-0.25, -0.2) is 9.97 Å². The summed E-state index contributed by atoms with van der Waals surface area (Å²) in [6.07, 6.45) is 2.85. The van der Waals surface area contributed by atoms with Gasteiger partial charge >= 0.3 is 0 Å². The topological polar surface area (TPSA) is 109 Å². The van der Waals surface area contributed by atoms with Gasteiger partial charge in [-0.3, -0.25) is 4.79 Å². The molecule has 0 radical (unpaired) electrons. The van der Waals surface area contributed by atoms with E-state index in [1.165, 1.54) is 12.4 Å². The van der Waals surface area contributed by atoms with Crippen LogP contribution in [0, 0.1) is 11.3 Å². The Balaban J connectivity index is 1.42. The van der Waals surface area contributed by atoms with E-state index >= 15 is 0 Å². The van der Waals surface area contributed by atoms with Gasteiger partial charge in [-0.05, 0) is 36.4 Å². The maximum Gasteiger partial charge on any atom is 0.275 e. The minimum absolute atomic E-state index is 0.173. The molecule has 4 rings (SSSR count). The van der Waals surface area contributed by atoms with Crippen molar-refractivity contribution in [3.8, 4) is 17.6 Å². The van der Waals surface area contributed by atoms with Crippen molar-refractivity contribution in [2.75, 3.05) is 17.4 Å². The van der Waals surface area contributed by atoms with Gasteiger partial charge < -0.3 is 20.1 Å². The SMILES string of the molecule is N#Cc1ccc(Nc2cnc(C(=O)Nc3ccc4c(c3)OCO4)cn2)cc1.